The van der Waals surface area contributed by atoms with Crippen molar-refractivity contribution in [3.05, 3.63) is 29.8 Å². The number of ether oxygens (including phenoxy) is 3. The van der Waals surface area contributed by atoms with Gasteiger partial charge in [-0.1, -0.05) is 18.2 Å². The quantitative estimate of drug-likeness (QED) is 0.899. The number of hydrogen-bond acceptors (Lipinski definition) is 4. The molecule has 3 rings (SSSR count). The summed E-state index contributed by atoms with van der Waals surface area (Å²) >= 11 is 0. The van der Waals surface area contributed by atoms with Gasteiger partial charge in [0.15, 0.2) is 0 Å². The molecule has 2 heterocycles. The van der Waals surface area contributed by atoms with Crippen LogP contribution in [0.5, 0.6) is 5.75 Å². The monoisotopic (exact) mass is 278 g/mol. The van der Waals surface area contributed by atoms with Gasteiger partial charge in [-0.25, -0.2) is 0 Å². The summed E-state index contributed by atoms with van der Waals surface area (Å²) in [6.45, 7) is -0.0347. The van der Waals surface area contributed by atoms with E-state index in [2.05, 4.69) is 0 Å². The Morgan fingerprint density at radius 1 is 1.25 bits per heavy atom. The molecule has 4 atom stereocenters. The lowest BCUT2D eigenvalue weighted by Gasteiger charge is -2.31. The van der Waals surface area contributed by atoms with Gasteiger partial charge in [0.2, 0.25) is 0 Å². The molecule has 2 fully saturated rings. The van der Waals surface area contributed by atoms with Crippen molar-refractivity contribution in [3.8, 4) is 5.75 Å². The second-order valence-electron chi connectivity index (χ2n) is 5.60. The summed E-state index contributed by atoms with van der Waals surface area (Å²) in [4.78, 5) is 0. The Hall–Kier alpha value is -1.10. The Morgan fingerprint density at radius 3 is 2.60 bits per heavy atom. The van der Waals surface area contributed by atoms with E-state index in [0.717, 1.165) is 37.0 Å². The molecule has 0 radical (unpaired) electrons. The first-order valence-corrected chi connectivity index (χ1v) is 7.35. The smallest absolute Gasteiger partial charge is 0.124 e. The second-order valence-corrected chi connectivity index (χ2v) is 5.60. The van der Waals surface area contributed by atoms with Crippen molar-refractivity contribution >= 4 is 0 Å². The molecule has 2 unspecified atom stereocenters. The molecule has 20 heavy (non-hydrogen) atoms. The van der Waals surface area contributed by atoms with Gasteiger partial charge in [0, 0.05) is 5.56 Å². The summed E-state index contributed by atoms with van der Waals surface area (Å²) in [5, 5.41) is 9.67. The maximum absolute atomic E-state index is 9.67. The maximum atomic E-state index is 9.67. The standard InChI is InChI=1S/C16H22O4/c1-18-15-5-3-2-4-14(15)16(10-17)20-13-8-11-6-7-12(9-13)19-11/h2-5,11-13,16-17H,6-10H2,1H3/t11-,12+,13?,16?. The van der Waals surface area contributed by atoms with Gasteiger partial charge in [0.25, 0.3) is 0 Å². The largest absolute Gasteiger partial charge is 0.496 e. The highest BCUT2D eigenvalue weighted by Crippen LogP contribution is 2.37. The highest BCUT2D eigenvalue weighted by Gasteiger charge is 2.36. The fourth-order valence-corrected chi connectivity index (χ4v) is 3.30. The van der Waals surface area contributed by atoms with Crippen LogP contribution in [-0.4, -0.2) is 37.1 Å². The van der Waals surface area contributed by atoms with E-state index >= 15 is 0 Å². The molecule has 110 valence electrons. The van der Waals surface area contributed by atoms with Crippen LogP contribution in [0.25, 0.3) is 0 Å². The third-order valence-electron chi connectivity index (χ3n) is 4.26. The van der Waals surface area contributed by atoms with Crippen molar-refractivity contribution in [2.24, 2.45) is 0 Å². The minimum atomic E-state index is -0.325. The molecule has 2 aliphatic heterocycles. The molecule has 0 amide bonds. The fourth-order valence-electron chi connectivity index (χ4n) is 3.30. The Morgan fingerprint density at radius 2 is 1.95 bits per heavy atom. The van der Waals surface area contributed by atoms with Crippen molar-refractivity contribution in [3.63, 3.8) is 0 Å². The van der Waals surface area contributed by atoms with Crippen LogP contribution in [0, 0.1) is 0 Å². The Kier molecular flexibility index (Phi) is 4.24. The molecule has 2 bridgehead atoms. The van der Waals surface area contributed by atoms with Crippen molar-refractivity contribution < 1.29 is 19.3 Å². The molecule has 2 aliphatic rings. The predicted molar refractivity (Wildman–Crippen MR) is 74.8 cm³/mol. The maximum Gasteiger partial charge on any atom is 0.124 e. The number of para-hydroxylation sites is 1. The highest BCUT2D eigenvalue weighted by molar-refractivity contribution is 5.35. The summed E-state index contributed by atoms with van der Waals surface area (Å²) < 4.78 is 17.3. The summed E-state index contributed by atoms with van der Waals surface area (Å²) in [5.74, 6) is 0.765. The normalized spacial score (nSPS) is 30.2. The van der Waals surface area contributed by atoms with Gasteiger partial charge in [-0.3, -0.25) is 0 Å². The molecule has 1 N–H and O–H groups in total. The zero-order valence-electron chi connectivity index (χ0n) is 11.8. The Labute approximate surface area is 119 Å². The van der Waals surface area contributed by atoms with E-state index in [-0.39, 0.29) is 18.8 Å². The number of benzene rings is 1. The van der Waals surface area contributed by atoms with E-state index in [4.69, 9.17) is 14.2 Å². The van der Waals surface area contributed by atoms with Crippen LogP contribution in [0.2, 0.25) is 0 Å². The highest BCUT2D eigenvalue weighted by atomic mass is 16.5. The number of aliphatic hydroxyl groups excluding tert-OH is 1. The van der Waals surface area contributed by atoms with E-state index in [1.807, 2.05) is 24.3 Å². The molecule has 0 saturated carbocycles. The molecule has 1 aromatic rings. The van der Waals surface area contributed by atoms with Gasteiger partial charge in [-0.2, -0.15) is 0 Å². The minimum absolute atomic E-state index is 0.0347. The number of methoxy groups -OCH3 is 1. The summed E-state index contributed by atoms with van der Waals surface area (Å²) in [7, 11) is 1.64. The zero-order chi connectivity index (χ0) is 13.9. The van der Waals surface area contributed by atoms with Gasteiger partial charge in [0.1, 0.15) is 11.9 Å². The summed E-state index contributed by atoms with van der Waals surface area (Å²) in [5.41, 5.74) is 0.913. The lowest BCUT2D eigenvalue weighted by atomic mass is 10.0. The van der Waals surface area contributed by atoms with E-state index in [9.17, 15) is 5.11 Å². The van der Waals surface area contributed by atoms with E-state index in [0.29, 0.717) is 12.2 Å². The van der Waals surface area contributed by atoms with Gasteiger partial charge in [-0.15, -0.1) is 0 Å². The molecular formula is C16H22O4. The van der Waals surface area contributed by atoms with Gasteiger partial charge in [0.05, 0.1) is 32.0 Å². The first-order valence-electron chi connectivity index (χ1n) is 7.35. The first kappa shape index (κ1) is 13.9. The molecular weight excluding hydrogens is 256 g/mol. The molecule has 4 nitrogen and oxygen atoms in total. The molecule has 2 saturated heterocycles. The van der Waals surface area contributed by atoms with Crippen LogP contribution in [0.15, 0.2) is 24.3 Å². The molecule has 0 spiro atoms. The Balaban J connectivity index is 1.70. The van der Waals surface area contributed by atoms with Gasteiger partial charge in [-0.05, 0) is 31.7 Å². The number of aliphatic hydroxyl groups is 1. The topological polar surface area (TPSA) is 47.9 Å². The van der Waals surface area contributed by atoms with Crippen LogP contribution < -0.4 is 4.74 Å². The van der Waals surface area contributed by atoms with Crippen LogP contribution in [-0.2, 0) is 9.47 Å². The van der Waals surface area contributed by atoms with Gasteiger partial charge >= 0.3 is 0 Å². The molecule has 4 heteroatoms. The lowest BCUT2D eigenvalue weighted by Crippen LogP contribution is -2.32. The van der Waals surface area contributed by atoms with Crippen LogP contribution in [0.3, 0.4) is 0 Å². The summed E-state index contributed by atoms with van der Waals surface area (Å²) in [6.07, 6.45) is 4.68. The Bertz CT molecular complexity index is 436. The van der Waals surface area contributed by atoms with Crippen molar-refractivity contribution in [2.45, 2.75) is 50.1 Å². The van der Waals surface area contributed by atoms with E-state index in [1.165, 1.54) is 0 Å². The number of hydrogen-bond donors (Lipinski definition) is 1. The minimum Gasteiger partial charge on any atom is -0.496 e. The van der Waals surface area contributed by atoms with Crippen molar-refractivity contribution in [1.82, 2.24) is 0 Å². The first-order chi connectivity index (χ1) is 9.80. The van der Waals surface area contributed by atoms with E-state index in [1.54, 1.807) is 7.11 Å². The number of fused-ring (bicyclic) bond motifs is 2. The fraction of sp³-hybridized carbons (Fsp3) is 0.625. The molecule has 1 aromatic carbocycles. The molecule has 0 aliphatic carbocycles. The SMILES string of the molecule is COc1ccccc1C(CO)OC1C[C@H]2CC[C@@H](C1)O2. The van der Waals surface area contributed by atoms with E-state index < -0.39 is 0 Å². The third kappa shape index (κ3) is 2.82. The van der Waals surface area contributed by atoms with Crippen molar-refractivity contribution in [2.75, 3.05) is 13.7 Å². The van der Waals surface area contributed by atoms with Crippen LogP contribution in [0.1, 0.15) is 37.4 Å². The second kappa shape index (κ2) is 6.12. The summed E-state index contributed by atoms with van der Waals surface area (Å²) in [6, 6.07) is 7.71. The van der Waals surface area contributed by atoms with Crippen molar-refractivity contribution in [1.29, 1.82) is 0 Å². The molecule has 0 aromatic heterocycles. The third-order valence-corrected chi connectivity index (χ3v) is 4.26. The van der Waals surface area contributed by atoms with Crippen LogP contribution >= 0.6 is 0 Å². The van der Waals surface area contributed by atoms with Gasteiger partial charge < -0.3 is 19.3 Å². The lowest BCUT2D eigenvalue weighted by molar-refractivity contribution is -0.115. The average Bonchev–Trinajstić information content (AvgIpc) is 2.83. The predicted octanol–water partition coefficient (Wildman–Crippen LogP) is 2.46. The number of rotatable bonds is 5. The zero-order valence-corrected chi connectivity index (χ0v) is 11.8. The van der Waals surface area contributed by atoms with Crippen LogP contribution in [0.4, 0.5) is 0 Å². The average molecular weight is 278 g/mol.